The summed E-state index contributed by atoms with van der Waals surface area (Å²) in [4.78, 5) is 0. The van der Waals surface area contributed by atoms with E-state index in [0.717, 1.165) is 99.4 Å². The third kappa shape index (κ3) is 8.63. The molecular weight excluding hydrogens is 1040 g/mol. The summed E-state index contributed by atoms with van der Waals surface area (Å²) in [6, 6.07) is 101. The molecule has 0 amide bonds. The molecule has 15 aromatic carbocycles. The monoisotopic (exact) mass is 1100 g/mol. The molecular formula is C84H62O2. The lowest BCUT2D eigenvalue weighted by Gasteiger charge is -2.27. The molecule has 0 aliphatic rings. The van der Waals surface area contributed by atoms with Gasteiger partial charge in [-0.05, 0) is 201 Å². The van der Waals surface area contributed by atoms with Gasteiger partial charge in [0.15, 0.2) is 0 Å². The molecule has 15 rings (SSSR count). The second-order valence-electron chi connectivity index (χ2n) is 23.6. The van der Waals surface area contributed by atoms with Gasteiger partial charge in [0, 0.05) is 0 Å². The van der Waals surface area contributed by atoms with E-state index in [1.807, 2.05) is 24.3 Å². The van der Waals surface area contributed by atoms with Crippen LogP contribution in [0.1, 0.15) is 50.7 Å². The van der Waals surface area contributed by atoms with Crippen LogP contribution in [0, 0.1) is 0 Å². The fourth-order valence-electron chi connectivity index (χ4n) is 14.0. The first-order valence-electron chi connectivity index (χ1n) is 30.1. The topological polar surface area (TPSA) is 40.5 Å². The zero-order chi connectivity index (χ0) is 58.2. The highest BCUT2D eigenvalue weighted by atomic mass is 16.3. The first-order valence-corrected chi connectivity index (χ1v) is 30.1. The number of rotatable bonds is 10. The predicted molar refractivity (Wildman–Crippen MR) is 366 cm³/mol. The summed E-state index contributed by atoms with van der Waals surface area (Å²) in [6.07, 6.45) is 0. The van der Waals surface area contributed by atoms with Crippen LogP contribution in [0.2, 0.25) is 0 Å². The average molecular weight is 1100 g/mol. The Labute approximate surface area is 502 Å². The van der Waals surface area contributed by atoms with Crippen molar-refractivity contribution in [3.05, 3.63) is 290 Å². The predicted octanol–water partition coefficient (Wildman–Crippen LogP) is 23.6. The third-order valence-electron chi connectivity index (χ3n) is 18.0. The molecule has 86 heavy (non-hydrogen) atoms. The first kappa shape index (κ1) is 52.3. The van der Waals surface area contributed by atoms with Crippen molar-refractivity contribution in [1.82, 2.24) is 0 Å². The first-order chi connectivity index (χ1) is 42.2. The smallest absolute Gasteiger partial charge is 0.115 e. The van der Waals surface area contributed by atoms with Gasteiger partial charge in [-0.15, -0.1) is 0 Å². The second-order valence-corrected chi connectivity index (χ2v) is 23.6. The molecule has 410 valence electrons. The Hall–Kier alpha value is -10.5. The molecule has 15 aromatic rings. The van der Waals surface area contributed by atoms with Crippen molar-refractivity contribution >= 4 is 64.6 Å². The van der Waals surface area contributed by atoms with Crippen LogP contribution in [-0.2, 0) is 0 Å². The number of phenols is 2. The van der Waals surface area contributed by atoms with Gasteiger partial charge in [0.25, 0.3) is 0 Å². The van der Waals surface area contributed by atoms with Crippen LogP contribution in [0.15, 0.2) is 279 Å². The van der Waals surface area contributed by atoms with Crippen LogP contribution in [0.4, 0.5) is 0 Å². The maximum Gasteiger partial charge on any atom is 0.115 e. The van der Waals surface area contributed by atoms with Crippen molar-refractivity contribution in [2.45, 2.75) is 39.5 Å². The zero-order valence-corrected chi connectivity index (χ0v) is 48.6. The number of hydrogen-bond acceptors (Lipinski definition) is 2. The molecule has 2 N–H and O–H groups in total. The number of benzene rings is 15. The summed E-state index contributed by atoms with van der Waals surface area (Å²) in [6.45, 7) is 9.04. The van der Waals surface area contributed by atoms with Gasteiger partial charge < -0.3 is 10.2 Å². The highest BCUT2D eigenvalue weighted by Crippen LogP contribution is 2.58. The molecule has 0 saturated heterocycles. The number of aromatic hydroxyl groups is 2. The van der Waals surface area contributed by atoms with Gasteiger partial charge in [-0.25, -0.2) is 0 Å². The molecule has 0 bridgehead atoms. The molecule has 0 aliphatic heterocycles. The fourth-order valence-corrected chi connectivity index (χ4v) is 14.0. The van der Waals surface area contributed by atoms with Gasteiger partial charge in [0.2, 0.25) is 0 Å². The fraction of sp³-hybridized carbons (Fsp3) is 0.0714. The summed E-state index contributed by atoms with van der Waals surface area (Å²) in [7, 11) is 0. The van der Waals surface area contributed by atoms with E-state index >= 15 is 0 Å². The van der Waals surface area contributed by atoms with Gasteiger partial charge in [0.05, 0.1) is 0 Å². The maximum absolute atomic E-state index is 11.1. The molecule has 0 fully saturated rings. The van der Waals surface area contributed by atoms with Crippen molar-refractivity contribution < 1.29 is 10.2 Å². The summed E-state index contributed by atoms with van der Waals surface area (Å²) < 4.78 is 0. The van der Waals surface area contributed by atoms with Gasteiger partial charge in [-0.1, -0.05) is 282 Å². The van der Waals surface area contributed by atoms with Crippen LogP contribution in [0.3, 0.4) is 0 Å². The summed E-state index contributed by atoms with van der Waals surface area (Å²) in [5, 5.41) is 36.3. The lowest BCUT2D eigenvalue weighted by Crippen LogP contribution is -2.00. The Bertz CT molecular complexity index is 4770. The van der Waals surface area contributed by atoms with Gasteiger partial charge in [0.1, 0.15) is 11.5 Å². The molecule has 0 heterocycles. The summed E-state index contributed by atoms with van der Waals surface area (Å²) in [5.41, 5.74) is 20.2. The SMILES string of the molecule is CC(C)c1ccc(-c2c(-c3ccccc3)c(-c3ccc(-c4c(-c5ccccc5)c(-c5ccc(C(C)C)cc5)c5c6ccccc6c6ccccc6c5c4-c4ccc(O)cc4)cc3)c(-c3ccc(O)cc3)c3c4ccccc4c4ccccc4c23)cc1. The number of fused-ring (bicyclic) bond motifs is 12. The lowest BCUT2D eigenvalue weighted by atomic mass is 9.75. The Kier molecular flexibility index (Phi) is 12.9. The summed E-state index contributed by atoms with van der Waals surface area (Å²) >= 11 is 0. The Morgan fingerprint density at radius 2 is 0.372 bits per heavy atom. The standard InChI is InChI=1S/C84H62O2/c1-51(2)53-31-35-59(36-32-53)77-73(55-19-7-5-8-20-55)75(79(61-43-47-63(85)48-44-61)83-71-29-17-13-25-67(71)65-23-11-15-27-69(65)81(77)83)57-39-41-58(42-40-57)76-74(56-21-9-6-10-22-56)78(60-37-33-54(34-38-60)52(3)4)82-70-28-16-12-24-66(70)68-26-14-18-30-72(68)84(82)80(76)62-45-49-64(86)50-46-62/h5-52,85-86H,1-4H3. The minimum Gasteiger partial charge on any atom is -0.508 e. The molecule has 2 heteroatoms. The normalized spacial score (nSPS) is 11.8. The van der Waals surface area contributed by atoms with Crippen molar-refractivity contribution in [3.8, 4) is 101 Å². The van der Waals surface area contributed by atoms with E-state index in [1.165, 1.54) is 65.3 Å². The van der Waals surface area contributed by atoms with E-state index in [4.69, 9.17) is 0 Å². The summed E-state index contributed by atoms with van der Waals surface area (Å²) in [5.74, 6) is 1.16. The highest BCUT2D eigenvalue weighted by molar-refractivity contribution is 6.37. The molecule has 0 radical (unpaired) electrons. The van der Waals surface area contributed by atoms with Gasteiger partial charge in [-0.2, -0.15) is 0 Å². The van der Waals surface area contributed by atoms with E-state index in [0.29, 0.717) is 11.8 Å². The Balaban J connectivity index is 1.14. The van der Waals surface area contributed by atoms with Crippen molar-refractivity contribution in [2.24, 2.45) is 0 Å². The zero-order valence-electron chi connectivity index (χ0n) is 48.6. The quantitative estimate of drug-likeness (QED) is 0.134. The Morgan fingerprint density at radius 3 is 0.616 bits per heavy atom. The second kappa shape index (κ2) is 21.3. The molecule has 0 aliphatic carbocycles. The van der Waals surface area contributed by atoms with E-state index in [-0.39, 0.29) is 11.5 Å². The van der Waals surface area contributed by atoms with Crippen LogP contribution in [-0.4, -0.2) is 10.2 Å². The number of phenolic OH excluding ortho intramolecular Hbond substituents is 2. The minimum absolute atomic E-state index is 0.217. The minimum atomic E-state index is 0.217. The molecule has 0 spiro atoms. The van der Waals surface area contributed by atoms with Crippen LogP contribution in [0.25, 0.3) is 154 Å². The highest BCUT2D eigenvalue weighted by Gasteiger charge is 2.30. The van der Waals surface area contributed by atoms with E-state index in [1.54, 1.807) is 0 Å². The average Bonchev–Trinajstić information content (AvgIpc) is 0.720. The van der Waals surface area contributed by atoms with Crippen LogP contribution < -0.4 is 0 Å². The molecule has 0 aromatic heterocycles. The largest absolute Gasteiger partial charge is 0.508 e. The van der Waals surface area contributed by atoms with E-state index in [2.05, 4.69) is 282 Å². The van der Waals surface area contributed by atoms with Crippen LogP contribution in [0.5, 0.6) is 11.5 Å². The molecule has 0 saturated carbocycles. The molecule has 0 unspecified atom stereocenters. The number of hydrogen-bond donors (Lipinski definition) is 2. The van der Waals surface area contributed by atoms with Crippen molar-refractivity contribution in [1.29, 1.82) is 0 Å². The van der Waals surface area contributed by atoms with Crippen molar-refractivity contribution in [2.75, 3.05) is 0 Å². The van der Waals surface area contributed by atoms with E-state index in [9.17, 15) is 10.2 Å². The van der Waals surface area contributed by atoms with Gasteiger partial charge in [-0.3, -0.25) is 0 Å². The molecule has 0 atom stereocenters. The maximum atomic E-state index is 11.1. The van der Waals surface area contributed by atoms with Gasteiger partial charge >= 0.3 is 0 Å². The lowest BCUT2D eigenvalue weighted by molar-refractivity contribution is 0.475. The molecule has 2 nitrogen and oxygen atoms in total. The Morgan fingerprint density at radius 1 is 0.186 bits per heavy atom. The van der Waals surface area contributed by atoms with E-state index < -0.39 is 0 Å². The third-order valence-corrected chi connectivity index (χ3v) is 18.0. The van der Waals surface area contributed by atoms with Crippen molar-refractivity contribution in [3.63, 3.8) is 0 Å². The van der Waals surface area contributed by atoms with Crippen LogP contribution >= 0.6 is 0 Å².